The zero-order chi connectivity index (χ0) is 13.4. The van der Waals surface area contributed by atoms with Gasteiger partial charge >= 0.3 is 6.09 Å². The predicted octanol–water partition coefficient (Wildman–Crippen LogP) is 2.10. The number of imide groups is 1. The van der Waals surface area contributed by atoms with E-state index < -0.39 is 35.4 Å². The molecular formula is C11H8F3NO3. The van der Waals surface area contributed by atoms with Crippen molar-refractivity contribution in [3.8, 4) is 0 Å². The monoisotopic (exact) mass is 259 g/mol. The second kappa shape index (κ2) is 4.32. The van der Waals surface area contributed by atoms with E-state index in [1.165, 1.54) is 0 Å². The first-order chi connectivity index (χ1) is 8.40. The maximum absolute atomic E-state index is 13.0. The number of benzene rings is 1. The van der Waals surface area contributed by atoms with Gasteiger partial charge in [0.25, 0.3) is 0 Å². The fourth-order valence-electron chi connectivity index (χ4n) is 1.93. The molecule has 0 spiro atoms. The molecule has 1 aromatic carbocycles. The number of carbonyl (C=O) groups excluding carboxylic acids is 1. The van der Waals surface area contributed by atoms with Crippen molar-refractivity contribution in [3.63, 3.8) is 0 Å². The van der Waals surface area contributed by atoms with Crippen LogP contribution in [0.25, 0.3) is 0 Å². The van der Waals surface area contributed by atoms with Gasteiger partial charge in [0.1, 0.15) is 0 Å². The summed E-state index contributed by atoms with van der Waals surface area (Å²) in [6, 6.07) is 1.56. The van der Waals surface area contributed by atoms with Crippen molar-refractivity contribution >= 4 is 12.0 Å². The summed E-state index contributed by atoms with van der Waals surface area (Å²) in [5.74, 6) is -5.59. The van der Waals surface area contributed by atoms with Crippen molar-refractivity contribution in [2.75, 3.05) is 6.54 Å². The minimum absolute atomic E-state index is 0.0727. The van der Waals surface area contributed by atoms with Crippen LogP contribution in [-0.4, -0.2) is 28.6 Å². The third-order valence-corrected chi connectivity index (χ3v) is 2.83. The van der Waals surface area contributed by atoms with Gasteiger partial charge in [-0.1, -0.05) is 0 Å². The van der Waals surface area contributed by atoms with Crippen LogP contribution in [0.2, 0.25) is 0 Å². The largest absolute Gasteiger partial charge is 0.465 e. The molecule has 1 fully saturated rings. The number of rotatable bonds is 1. The van der Waals surface area contributed by atoms with Crippen molar-refractivity contribution in [3.05, 3.63) is 35.1 Å². The van der Waals surface area contributed by atoms with E-state index in [2.05, 4.69) is 0 Å². The van der Waals surface area contributed by atoms with E-state index in [-0.39, 0.29) is 18.5 Å². The number of nitrogens with zero attached hydrogens (tertiary/aromatic N) is 1. The van der Waals surface area contributed by atoms with Crippen LogP contribution in [-0.2, 0) is 4.79 Å². The van der Waals surface area contributed by atoms with Gasteiger partial charge in [-0.15, -0.1) is 0 Å². The van der Waals surface area contributed by atoms with Gasteiger partial charge in [-0.3, -0.25) is 4.79 Å². The summed E-state index contributed by atoms with van der Waals surface area (Å²) in [5, 5.41) is 8.70. The number of likely N-dealkylation sites (tertiary alicyclic amines) is 1. The quantitative estimate of drug-likeness (QED) is 0.786. The first-order valence-electron chi connectivity index (χ1n) is 5.08. The number of halogens is 3. The molecule has 1 heterocycles. The van der Waals surface area contributed by atoms with E-state index in [4.69, 9.17) is 5.11 Å². The normalized spacial score (nSPS) is 19.4. The molecule has 0 aromatic heterocycles. The number of amides is 2. The van der Waals surface area contributed by atoms with E-state index in [0.717, 1.165) is 12.1 Å². The summed E-state index contributed by atoms with van der Waals surface area (Å²) in [6.45, 7) is -0.182. The van der Waals surface area contributed by atoms with Crippen LogP contribution in [0.5, 0.6) is 0 Å². The first-order valence-corrected chi connectivity index (χ1v) is 5.08. The Kier molecular flexibility index (Phi) is 2.98. The molecule has 1 aliphatic rings. The van der Waals surface area contributed by atoms with E-state index in [1.807, 2.05) is 0 Å². The first kappa shape index (κ1) is 12.4. The van der Waals surface area contributed by atoms with Gasteiger partial charge in [0, 0.05) is 18.9 Å². The minimum atomic E-state index is -1.59. The van der Waals surface area contributed by atoms with Gasteiger partial charge in [-0.2, -0.15) is 0 Å². The molecule has 18 heavy (non-hydrogen) atoms. The van der Waals surface area contributed by atoms with Crippen LogP contribution in [0.15, 0.2) is 12.1 Å². The van der Waals surface area contributed by atoms with Crippen molar-refractivity contribution in [2.24, 2.45) is 0 Å². The van der Waals surface area contributed by atoms with E-state index >= 15 is 0 Å². The third kappa shape index (κ3) is 2.03. The van der Waals surface area contributed by atoms with Crippen molar-refractivity contribution in [1.82, 2.24) is 4.90 Å². The van der Waals surface area contributed by atoms with Crippen LogP contribution in [0.1, 0.15) is 17.9 Å². The summed E-state index contributed by atoms with van der Waals surface area (Å²) in [7, 11) is 0. The Bertz CT molecular complexity index is 509. The number of carbonyl (C=O) groups is 2. The maximum atomic E-state index is 13.0. The van der Waals surface area contributed by atoms with E-state index in [9.17, 15) is 22.8 Å². The minimum Gasteiger partial charge on any atom is -0.465 e. The molecule has 4 nitrogen and oxygen atoms in total. The Labute approximate surface area is 99.6 Å². The third-order valence-electron chi connectivity index (χ3n) is 2.83. The average Bonchev–Trinajstić information content (AvgIpc) is 2.67. The van der Waals surface area contributed by atoms with Crippen LogP contribution in [0, 0.1) is 17.5 Å². The summed E-state index contributed by atoms with van der Waals surface area (Å²) >= 11 is 0. The van der Waals surface area contributed by atoms with Crippen molar-refractivity contribution < 1.29 is 27.9 Å². The zero-order valence-electron chi connectivity index (χ0n) is 8.99. The lowest BCUT2D eigenvalue weighted by molar-refractivity contribution is -0.125. The summed E-state index contributed by atoms with van der Waals surface area (Å²) < 4.78 is 38.8. The second-order valence-corrected chi connectivity index (χ2v) is 3.99. The molecule has 2 amide bonds. The fourth-order valence-corrected chi connectivity index (χ4v) is 1.93. The molecule has 1 aliphatic heterocycles. The fraction of sp³-hybridized carbons (Fsp3) is 0.273. The topological polar surface area (TPSA) is 57.6 Å². The van der Waals surface area contributed by atoms with E-state index in [1.54, 1.807) is 0 Å². The maximum Gasteiger partial charge on any atom is 0.414 e. The molecule has 7 heteroatoms. The Balaban J connectivity index is 2.29. The van der Waals surface area contributed by atoms with Gasteiger partial charge in [0.15, 0.2) is 17.5 Å². The summed E-state index contributed by atoms with van der Waals surface area (Å²) in [4.78, 5) is 22.6. The highest BCUT2D eigenvalue weighted by atomic mass is 19.2. The Hall–Kier alpha value is -2.05. The highest BCUT2D eigenvalue weighted by molar-refractivity contribution is 5.93. The molecule has 1 atom stereocenters. The lowest BCUT2D eigenvalue weighted by atomic mass is 9.98. The molecular weight excluding hydrogens is 251 g/mol. The summed E-state index contributed by atoms with van der Waals surface area (Å²) in [6.07, 6.45) is -1.58. The molecule has 0 radical (unpaired) electrons. The summed E-state index contributed by atoms with van der Waals surface area (Å²) in [5.41, 5.74) is 0.0727. The zero-order valence-corrected chi connectivity index (χ0v) is 8.99. The molecule has 96 valence electrons. The molecule has 1 N–H and O–H groups in total. The number of hydrogen-bond donors (Lipinski definition) is 1. The van der Waals surface area contributed by atoms with E-state index in [0.29, 0.717) is 4.90 Å². The van der Waals surface area contributed by atoms with Crippen LogP contribution in [0.3, 0.4) is 0 Å². The van der Waals surface area contributed by atoms with Crippen molar-refractivity contribution in [1.29, 1.82) is 0 Å². The Morgan fingerprint density at radius 3 is 2.28 bits per heavy atom. The molecule has 1 unspecified atom stereocenters. The number of hydrogen-bond acceptors (Lipinski definition) is 2. The van der Waals surface area contributed by atoms with Crippen LogP contribution >= 0.6 is 0 Å². The molecule has 2 rings (SSSR count). The van der Waals surface area contributed by atoms with Gasteiger partial charge in [0.05, 0.1) is 0 Å². The standard InChI is InChI=1S/C11H8F3NO3/c12-7-1-5(2-8(13)10(7)14)6-3-9(16)15(4-6)11(17)18/h1-2,6H,3-4H2,(H,17,18). The SMILES string of the molecule is O=C(O)N1CC(c2cc(F)c(F)c(F)c2)CC1=O. The highest BCUT2D eigenvalue weighted by Gasteiger charge is 2.35. The number of carboxylic acid groups (broad SMARTS) is 1. The van der Waals surface area contributed by atoms with Crippen molar-refractivity contribution in [2.45, 2.75) is 12.3 Å². The molecule has 0 saturated carbocycles. The molecule has 1 aromatic rings. The molecule has 0 bridgehead atoms. The van der Waals surface area contributed by atoms with Gasteiger partial charge in [0.2, 0.25) is 5.91 Å². The van der Waals surface area contributed by atoms with Crippen LogP contribution in [0.4, 0.5) is 18.0 Å². The molecule has 1 saturated heterocycles. The van der Waals surface area contributed by atoms with Gasteiger partial charge < -0.3 is 5.11 Å². The Morgan fingerprint density at radius 2 is 1.83 bits per heavy atom. The molecule has 0 aliphatic carbocycles. The Morgan fingerprint density at radius 1 is 1.28 bits per heavy atom. The smallest absolute Gasteiger partial charge is 0.414 e. The second-order valence-electron chi connectivity index (χ2n) is 3.99. The lowest BCUT2D eigenvalue weighted by Gasteiger charge is -2.11. The lowest BCUT2D eigenvalue weighted by Crippen LogP contribution is -2.30. The van der Waals surface area contributed by atoms with Gasteiger partial charge in [-0.05, 0) is 17.7 Å². The highest BCUT2D eigenvalue weighted by Crippen LogP contribution is 2.29. The predicted molar refractivity (Wildman–Crippen MR) is 53.4 cm³/mol. The van der Waals surface area contributed by atoms with Gasteiger partial charge in [-0.25, -0.2) is 22.9 Å². The van der Waals surface area contributed by atoms with Crippen LogP contribution < -0.4 is 0 Å². The average molecular weight is 259 g/mol.